The van der Waals surface area contributed by atoms with Crippen molar-refractivity contribution in [1.82, 2.24) is 0 Å². The lowest BCUT2D eigenvalue weighted by atomic mass is 9.76. The molecule has 0 aromatic rings. The second kappa shape index (κ2) is 17.3. The predicted molar refractivity (Wildman–Crippen MR) is 113 cm³/mol. The van der Waals surface area contributed by atoms with Gasteiger partial charge < -0.3 is 10.2 Å². The summed E-state index contributed by atoms with van der Waals surface area (Å²) < 4.78 is 0. The van der Waals surface area contributed by atoms with Crippen LogP contribution in [0.2, 0.25) is 0 Å². The van der Waals surface area contributed by atoms with E-state index in [9.17, 15) is 10.2 Å². The van der Waals surface area contributed by atoms with Gasteiger partial charge in [-0.15, -0.1) is 0 Å². The molecule has 0 saturated carbocycles. The van der Waals surface area contributed by atoms with E-state index in [1.165, 1.54) is 77.0 Å². The monoisotopic (exact) mass is 358 g/mol. The third kappa shape index (κ3) is 12.0. The highest BCUT2D eigenvalue weighted by atomic mass is 16.3. The Bertz CT molecular complexity index is 253. The molecule has 0 spiro atoms. The van der Waals surface area contributed by atoms with Crippen LogP contribution >= 0.6 is 0 Å². The zero-order chi connectivity index (χ0) is 19.6. The summed E-state index contributed by atoms with van der Waals surface area (Å²) in [6, 6.07) is 0. The standard InChI is InChI=1S/C12H26O.C11H24O/c1-4-7-10-12(11-13,8-5-2)9-6-3;1-4-7-9-11(6-3,10-12)8-5-2/h13H,4-11H2,1-3H3;12H,4-10H2,1-3H3. The molecule has 0 amide bonds. The van der Waals surface area contributed by atoms with Gasteiger partial charge in [-0.05, 0) is 49.4 Å². The summed E-state index contributed by atoms with van der Waals surface area (Å²) in [5.74, 6) is 0. The first-order valence-electron chi connectivity index (χ1n) is 11.2. The van der Waals surface area contributed by atoms with Gasteiger partial charge in [0, 0.05) is 13.2 Å². The molecular weight excluding hydrogens is 308 g/mol. The molecule has 0 aliphatic heterocycles. The van der Waals surface area contributed by atoms with Gasteiger partial charge in [0.05, 0.1) is 0 Å². The molecule has 0 aliphatic rings. The second-order valence-electron chi connectivity index (χ2n) is 8.13. The Morgan fingerprint density at radius 1 is 0.480 bits per heavy atom. The second-order valence-corrected chi connectivity index (χ2v) is 8.13. The quantitative estimate of drug-likeness (QED) is 0.327. The van der Waals surface area contributed by atoms with E-state index in [2.05, 4.69) is 41.5 Å². The summed E-state index contributed by atoms with van der Waals surface area (Å²) in [5, 5.41) is 18.8. The first-order chi connectivity index (χ1) is 12.0. The predicted octanol–water partition coefficient (Wildman–Crippen LogP) is 7.12. The van der Waals surface area contributed by atoms with Crippen LogP contribution in [0.4, 0.5) is 0 Å². The highest BCUT2D eigenvalue weighted by Crippen LogP contribution is 2.35. The van der Waals surface area contributed by atoms with Gasteiger partial charge in [0.2, 0.25) is 0 Å². The van der Waals surface area contributed by atoms with E-state index in [1.54, 1.807) is 0 Å². The van der Waals surface area contributed by atoms with Gasteiger partial charge in [0.25, 0.3) is 0 Å². The van der Waals surface area contributed by atoms with Gasteiger partial charge >= 0.3 is 0 Å². The number of aliphatic hydroxyl groups is 2. The molecule has 2 nitrogen and oxygen atoms in total. The molecule has 0 aliphatic carbocycles. The van der Waals surface area contributed by atoms with Gasteiger partial charge in [0.1, 0.15) is 0 Å². The van der Waals surface area contributed by atoms with Crippen molar-refractivity contribution >= 4 is 0 Å². The number of hydrogen-bond donors (Lipinski definition) is 2. The van der Waals surface area contributed by atoms with Gasteiger partial charge in [-0.3, -0.25) is 0 Å². The third-order valence-electron chi connectivity index (χ3n) is 5.88. The normalized spacial score (nSPS) is 13.9. The van der Waals surface area contributed by atoms with Crippen LogP contribution < -0.4 is 0 Å². The van der Waals surface area contributed by atoms with Crippen LogP contribution in [0.15, 0.2) is 0 Å². The molecule has 1 atom stereocenters. The molecule has 0 rings (SSSR count). The van der Waals surface area contributed by atoms with Crippen molar-refractivity contribution in [1.29, 1.82) is 0 Å². The van der Waals surface area contributed by atoms with E-state index in [4.69, 9.17) is 0 Å². The topological polar surface area (TPSA) is 40.5 Å². The third-order valence-corrected chi connectivity index (χ3v) is 5.88. The van der Waals surface area contributed by atoms with Crippen LogP contribution in [-0.2, 0) is 0 Å². The first kappa shape index (κ1) is 27.1. The molecule has 0 bridgehead atoms. The van der Waals surface area contributed by atoms with Gasteiger partial charge in [-0.2, -0.15) is 0 Å². The Hall–Kier alpha value is -0.0800. The molecule has 0 heterocycles. The Kier molecular flexibility index (Phi) is 18.8. The van der Waals surface area contributed by atoms with Crippen LogP contribution in [0.1, 0.15) is 125 Å². The minimum absolute atomic E-state index is 0.241. The van der Waals surface area contributed by atoms with Crippen LogP contribution in [0.5, 0.6) is 0 Å². The lowest BCUT2D eigenvalue weighted by Crippen LogP contribution is -2.25. The number of hydrogen-bond acceptors (Lipinski definition) is 2. The zero-order valence-corrected chi connectivity index (χ0v) is 18.5. The maximum atomic E-state index is 9.47. The van der Waals surface area contributed by atoms with Gasteiger partial charge in [0.15, 0.2) is 0 Å². The molecule has 25 heavy (non-hydrogen) atoms. The lowest BCUT2D eigenvalue weighted by molar-refractivity contribution is 0.0907. The van der Waals surface area contributed by atoms with E-state index in [-0.39, 0.29) is 10.8 Å². The minimum atomic E-state index is 0.241. The Morgan fingerprint density at radius 2 is 0.840 bits per heavy atom. The van der Waals surface area contributed by atoms with Crippen molar-refractivity contribution < 1.29 is 10.2 Å². The summed E-state index contributed by atoms with van der Waals surface area (Å²) in [6.45, 7) is 14.0. The van der Waals surface area contributed by atoms with Crippen molar-refractivity contribution in [2.75, 3.05) is 13.2 Å². The fourth-order valence-electron chi connectivity index (χ4n) is 4.06. The highest BCUT2D eigenvalue weighted by Gasteiger charge is 2.26. The van der Waals surface area contributed by atoms with Crippen LogP contribution in [0, 0.1) is 10.8 Å². The van der Waals surface area contributed by atoms with Crippen molar-refractivity contribution in [2.24, 2.45) is 10.8 Å². The summed E-state index contributed by atoms with van der Waals surface area (Å²) in [5.41, 5.74) is 0.490. The smallest absolute Gasteiger partial charge is 0.0487 e. The molecule has 2 N–H and O–H groups in total. The Labute approximate surface area is 159 Å². The maximum Gasteiger partial charge on any atom is 0.0487 e. The zero-order valence-electron chi connectivity index (χ0n) is 18.5. The maximum absolute atomic E-state index is 9.47. The largest absolute Gasteiger partial charge is 0.396 e. The summed E-state index contributed by atoms with van der Waals surface area (Å²) in [7, 11) is 0. The van der Waals surface area contributed by atoms with E-state index >= 15 is 0 Å². The molecule has 0 radical (unpaired) electrons. The van der Waals surface area contributed by atoms with Crippen molar-refractivity contribution in [3.63, 3.8) is 0 Å². The minimum Gasteiger partial charge on any atom is -0.396 e. The highest BCUT2D eigenvalue weighted by molar-refractivity contribution is 4.78. The molecule has 154 valence electrons. The van der Waals surface area contributed by atoms with Crippen molar-refractivity contribution in [3.05, 3.63) is 0 Å². The summed E-state index contributed by atoms with van der Waals surface area (Å²) in [4.78, 5) is 0. The number of unbranched alkanes of at least 4 members (excludes halogenated alkanes) is 2. The fraction of sp³-hybridized carbons (Fsp3) is 1.00. The first-order valence-corrected chi connectivity index (χ1v) is 11.2. The lowest BCUT2D eigenvalue weighted by Gasteiger charge is -2.31. The van der Waals surface area contributed by atoms with Gasteiger partial charge in [-0.25, -0.2) is 0 Å². The number of aliphatic hydroxyl groups excluding tert-OH is 2. The van der Waals surface area contributed by atoms with Crippen LogP contribution in [-0.4, -0.2) is 23.4 Å². The van der Waals surface area contributed by atoms with Crippen molar-refractivity contribution in [3.8, 4) is 0 Å². The molecule has 1 unspecified atom stereocenters. The molecule has 0 saturated heterocycles. The molecular formula is C23H50O2. The molecule has 2 heteroatoms. The van der Waals surface area contributed by atoms with Crippen molar-refractivity contribution in [2.45, 2.75) is 125 Å². The SMILES string of the molecule is CCCCC(CC)(CO)CCC.CCCCC(CO)(CCC)CCC. The summed E-state index contributed by atoms with van der Waals surface area (Å²) >= 11 is 0. The summed E-state index contributed by atoms with van der Waals surface area (Å²) in [6.07, 6.45) is 15.7. The Balaban J connectivity index is 0. The average molecular weight is 359 g/mol. The van der Waals surface area contributed by atoms with Crippen LogP contribution in [0.3, 0.4) is 0 Å². The molecule has 0 aromatic heterocycles. The van der Waals surface area contributed by atoms with Gasteiger partial charge in [-0.1, -0.05) is 86.5 Å². The Morgan fingerprint density at radius 3 is 1.12 bits per heavy atom. The molecule has 0 aromatic carbocycles. The average Bonchev–Trinajstić information content (AvgIpc) is 2.64. The number of rotatable bonds is 15. The molecule has 0 fully saturated rings. The van der Waals surface area contributed by atoms with E-state index in [1.807, 2.05) is 0 Å². The van der Waals surface area contributed by atoms with E-state index < -0.39 is 0 Å². The van der Waals surface area contributed by atoms with E-state index in [0.29, 0.717) is 13.2 Å². The van der Waals surface area contributed by atoms with E-state index in [0.717, 1.165) is 6.42 Å². The fourth-order valence-corrected chi connectivity index (χ4v) is 4.06. The van der Waals surface area contributed by atoms with Crippen LogP contribution in [0.25, 0.3) is 0 Å².